The lowest BCUT2D eigenvalue weighted by atomic mass is 10.1. The van der Waals surface area contributed by atoms with E-state index in [1.54, 1.807) is 0 Å². The minimum Gasteiger partial charge on any atom is -0.626 e. The van der Waals surface area contributed by atoms with Gasteiger partial charge in [-0.05, 0) is 19.3 Å². The fourth-order valence-corrected chi connectivity index (χ4v) is 2.10. The first-order valence-electron chi connectivity index (χ1n) is 5.41. The van der Waals surface area contributed by atoms with Crippen molar-refractivity contribution in [2.75, 3.05) is 13.1 Å². The quantitative estimate of drug-likeness (QED) is 0.307. The zero-order chi connectivity index (χ0) is 12.6. The van der Waals surface area contributed by atoms with Crippen LogP contribution in [0.2, 0.25) is 0 Å². The minimum atomic E-state index is -0.755. The monoisotopic (exact) mass is 241 g/mol. The molecule has 0 amide bonds. The summed E-state index contributed by atoms with van der Waals surface area (Å²) in [6.07, 6.45) is 2.47. The van der Waals surface area contributed by atoms with E-state index in [0.717, 1.165) is 25.3 Å². The SMILES string of the molecule is N=c1cc([N+]2([O-])CCCCC2)n(O)c(=N)n1O. The summed E-state index contributed by atoms with van der Waals surface area (Å²) in [5.41, 5.74) is -1.10. The summed E-state index contributed by atoms with van der Waals surface area (Å²) in [5, 5.41) is 46.2. The highest BCUT2D eigenvalue weighted by molar-refractivity contribution is 5.34. The third-order valence-electron chi connectivity index (χ3n) is 3.07. The average Bonchev–Trinajstić information content (AvgIpc) is 2.32. The maximum absolute atomic E-state index is 12.5. The van der Waals surface area contributed by atoms with Crippen LogP contribution in [0.5, 0.6) is 0 Å². The summed E-state index contributed by atoms with van der Waals surface area (Å²) in [6.45, 7) is 0.629. The van der Waals surface area contributed by atoms with E-state index >= 15 is 0 Å². The molecule has 1 aliphatic rings. The number of quaternary nitrogens is 1. The minimum absolute atomic E-state index is 0.0787. The third-order valence-corrected chi connectivity index (χ3v) is 3.07. The van der Waals surface area contributed by atoms with Gasteiger partial charge >= 0.3 is 0 Å². The van der Waals surface area contributed by atoms with Gasteiger partial charge in [-0.1, -0.05) is 4.73 Å². The van der Waals surface area contributed by atoms with E-state index in [4.69, 9.17) is 10.8 Å². The summed E-state index contributed by atoms with van der Waals surface area (Å²) in [6, 6.07) is 1.09. The molecule has 4 N–H and O–H groups in total. The fraction of sp³-hybridized carbons (Fsp3) is 0.556. The van der Waals surface area contributed by atoms with Gasteiger partial charge in [0.15, 0.2) is 5.49 Å². The van der Waals surface area contributed by atoms with Gasteiger partial charge in [0.05, 0.1) is 19.2 Å². The van der Waals surface area contributed by atoms with E-state index in [2.05, 4.69) is 0 Å². The molecule has 0 spiro atoms. The standard InChI is InChI=1S/C9H15N5O3/c10-7-6-8(13(16)9(11)12(7)15)14(17)4-2-1-3-5-14/h6,10-11,15-16H,1-5H2. The van der Waals surface area contributed by atoms with Crippen LogP contribution in [0.25, 0.3) is 0 Å². The van der Waals surface area contributed by atoms with Crippen molar-refractivity contribution < 1.29 is 10.4 Å². The molecule has 0 atom stereocenters. The second-order valence-electron chi connectivity index (χ2n) is 4.23. The van der Waals surface area contributed by atoms with Gasteiger partial charge in [-0.15, -0.1) is 4.73 Å². The lowest BCUT2D eigenvalue weighted by molar-refractivity contribution is 0.0827. The van der Waals surface area contributed by atoms with E-state index < -0.39 is 15.8 Å². The van der Waals surface area contributed by atoms with Crippen LogP contribution in [0.3, 0.4) is 0 Å². The number of hydrogen-bond donors (Lipinski definition) is 4. The highest BCUT2D eigenvalue weighted by Gasteiger charge is 2.28. The topological polar surface area (TPSA) is 121 Å². The first-order valence-corrected chi connectivity index (χ1v) is 5.41. The van der Waals surface area contributed by atoms with Crippen LogP contribution < -0.4 is 15.8 Å². The molecule has 8 nitrogen and oxygen atoms in total. The molecule has 94 valence electrons. The number of aromatic nitrogens is 2. The van der Waals surface area contributed by atoms with Crippen LogP contribution in [-0.2, 0) is 0 Å². The molecule has 0 saturated carbocycles. The average molecular weight is 241 g/mol. The largest absolute Gasteiger partial charge is 0.626 e. The summed E-state index contributed by atoms with van der Waals surface area (Å²) in [5.74, 6) is -0.0787. The van der Waals surface area contributed by atoms with E-state index in [1.807, 2.05) is 0 Å². The van der Waals surface area contributed by atoms with Gasteiger partial charge < -0.3 is 20.3 Å². The number of hydrogen-bond acceptors (Lipinski definition) is 5. The predicted octanol–water partition coefficient (Wildman–Crippen LogP) is -0.288. The van der Waals surface area contributed by atoms with Gasteiger partial charge in [0.25, 0.3) is 5.62 Å². The molecule has 0 aliphatic carbocycles. The molecule has 8 heteroatoms. The second kappa shape index (κ2) is 3.90. The Kier molecular flexibility index (Phi) is 2.68. The van der Waals surface area contributed by atoms with Crippen molar-refractivity contribution >= 4 is 5.82 Å². The van der Waals surface area contributed by atoms with Crippen LogP contribution in [0.15, 0.2) is 6.07 Å². The van der Waals surface area contributed by atoms with E-state index in [-0.39, 0.29) is 10.5 Å². The first kappa shape index (κ1) is 11.7. The molecule has 17 heavy (non-hydrogen) atoms. The third kappa shape index (κ3) is 1.81. The molecule has 0 radical (unpaired) electrons. The summed E-state index contributed by atoms with van der Waals surface area (Å²) >= 11 is 0. The maximum Gasteiger partial charge on any atom is 0.277 e. The molecule has 0 unspecified atom stereocenters. The second-order valence-corrected chi connectivity index (χ2v) is 4.23. The van der Waals surface area contributed by atoms with Gasteiger partial charge in [-0.2, -0.15) is 0 Å². The molecule has 2 heterocycles. The summed E-state index contributed by atoms with van der Waals surface area (Å²) < 4.78 is -0.203. The van der Waals surface area contributed by atoms with Crippen molar-refractivity contribution in [1.82, 2.24) is 14.1 Å². The molecule has 1 aliphatic heterocycles. The number of nitrogens with zero attached hydrogens (tertiary/aromatic N) is 3. The van der Waals surface area contributed by atoms with Gasteiger partial charge in [0.1, 0.15) is 0 Å². The van der Waals surface area contributed by atoms with E-state index in [9.17, 15) is 15.6 Å². The fourth-order valence-electron chi connectivity index (χ4n) is 2.10. The van der Waals surface area contributed by atoms with Crippen molar-refractivity contribution in [2.24, 2.45) is 0 Å². The van der Waals surface area contributed by atoms with Gasteiger partial charge in [0.2, 0.25) is 5.82 Å². The molecule has 1 aromatic heterocycles. The van der Waals surface area contributed by atoms with Crippen molar-refractivity contribution in [1.29, 1.82) is 10.8 Å². The Morgan fingerprint density at radius 2 is 1.71 bits per heavy atom. The lowest BCUT2D eigenvalue weighted by Crippen LogP contribution is -2.52. The van der Waals surface area contributed by atoms with Crippen molar-refractivity contribution in [3.05, 3.63) is 22.4 Å². The summed E-state index contributed by atoms with van der Waals surface area (Å²) in [7, 11) is 0. The molecule has 2 rings (SSSR count). The van der Waals surface area contributed by atoms with Crippen LogP contribution >= 0.6 is 0 Å². The Labute approximate surface area is 96.7 Å². The zero-order valence-electron chi connectivity index (χ0n) is 9.26. The Hall–Kier alpha value is -1.80. The molecule has 1 fully saturated rings. The molecule has 1 aromatic rings. The smallest absolute Gasteiger partial charge is 0.277 e. The Morgan fingerprint density at radius 3 is 2.29 bits per heavy atom. The molecule has 0 bridgehead atoms. The van der Waals surface area contributed by atoms with Crippen LogP contribution in [0.1, 0.15) is 19.3 Å². The predicted molar refractivity (Wildman–Crippen MR) is 57.2 cm³/mol. The van der Waals surface area contributed by atoms with E-state index in [1.165, 1.54) is 0 Å². The molecular formula is C9H15N5O3. The Morgan fingerprint density at radius 1 is 1.12 bits per heavy atom. The van der Waals surface area contributed by atoms with Gasteiger partial charge in [-0.3, -0.25) is 10.8 Å². The first-order chi connectivity index (χ1) is 7.96. The summed E-state index contributed by atoms with van der Waals surface area (Å²) in [4.78, 5) is 0. The number of nitrogens with one attached hydrogen (secondary N) is 2. The number of hydroxylamine groups is 2. The van der Waals surface area contributed by atoms with Crippen LogP contribution in [0, 0.1) is 16.0 Å². The van der Waals surface area contributed by atoms with Crippen LogP contribution in [0.4, 0.5) is 5.82 Å². The Balaban J connectivity index is 2.60. The van der Waals surface area contributed by atoms with Crippen LogP contribution in [-0.4, -0.2) is 33.0 Å². The number of rotatable bonds is 1. The highest BCUT2D eigenvalue weighted by atomic mass is 16.6. The van der Waals surface area contributed by atoms with Crippen molar-refractivity contribution in [2.45, 2.75) is 19.3 Å². The van der Waals surface area contributed by atoms with Crippen molar-refractivity contribution in [3.63, 3.8) is 0 Å². The molecular weight excluding hydrogens is 226 g/mol. The molecule has 1 saturated heterocycles. The lowest BCUT2D eigenvalue weighted by Gasteiger charge is -2.44. The number of piperidine rings is 1. The zero-order valence-corrected chi connectivity index (χ0v) is 9.26. The van der Waals surface area contributed by atoms with E-state index in [0.29, 0.717) is 17.8 Å². The Bertz CT molecular complexity index is 541. The molecule has 0 aromatic carbocycles. The highest BCUT2D eigenvalue weighted by Crippen LogP contribution is 2.24. The normalized spacial score (nSPS) is 19.1. The van der Waals surface area contributed by atoms with Gasteiger partial charge in [-0.25, -0.2) is 0 Å². The maximum atomic E-state index is 12.5. The van der Waals surface area contributed by atoms with Crippen molar-refractivity contribution in [3.8, 4) is 0 Å². The van der Waals surface area contributed by atoms with Gasteiger partial charge in [0, 0.05) is 0 Å².